The van der Waals surface area contributed by atoms with Gasteiger partial charge in [-0.3, -0.25) is 19.7 Å². The van der Waals surface area contributed by atoms with Crippen molar-refractivity contribution in [3.05, 3.63) is 28.0 Å². The van der Waals surface area contributed by atoms with Gasteiger partial charge >= 0.3 is 5.97 Å². The molecule has 21 heavy (non-hydrogen) atoms. The molecule has 0 bridgehead atoms. The van der Waals surface area contributed by atoms with Crippen molar-refractivity contribution in [2.24, 2.45) is 0 Å². The average molecular weight is 308 g/mol. The first kappa shape index (κ1) is 14.9. The number of carboxylic acid groups (broad SMARTS) is 1. The number of nitrogens with zero attached hydrogens (tertiary/aromatic N) is 1. The molecule has 0 aromatic carbocycles. The quantitative estimate of drug-likeness (QED) is 0.619. The zero-order chi connectivity index (χ0) is 15.6. The average Bonchev–Trinajstić information content (AvgIpc) is 2.88. The number of thiophene rings is 1. The smallest absolute Gasteiger partial charge is 0.328 e. The minimum absolute atomic E-state index is 0.179. The van der Waals surface area contributed by atoms with Crippen LogP contribution in [0.2, 0.25) is 0 Å². The van der Waals surface area contributed by atoms with Gasteiger partial charge in [0.1, 0.15) is 12.6 Å². The number of rotatable bonds is 3. The van der Waals surface area contributed by atoms with E-state index in [1.54, 1.807) is 5.38 Å². The van der Waals surface area contributed by atoms with E-state index in [0.717, 1.165) is 6.08 Å². The molecule has 0 radical (unpaired) electrons. The van der Waals surface area contributed by atoms with E-state index in [9.17, 15) is 19.2 Å². The summed E-state index contributed by atoms with van der Waals surface area (Å²) in [4.78, 5) is 47.4. The van der Waals surface area contributed by atoms with Crippen LogP contribution in [0.25, 0.3) is 6.08 Å². The SMILES string of the molecule is CC1C(=O)NC(=O)CN1C(=O)c1csc(C=CC(=O)O)c1. The van der Waals surface area contributed by atoms with Crippen LogP contribution in [-0.2, 0) is 14.4 Å². The van der Waals surface area contributed by atoms with E-state index in [2.05, 4.69) is 5.32 Å². The molecule has 3 amide bonds. The molecule has 1 aliphatic heterocycles. The number of carbonyl (C=O) groups is 4. The maximum Gasteiger partial charge on any atom is 0.328 e. The molecule has 0 saturated carbocycles. The Morgan fingerprint density at radius 1 is 1.48 bits per heavy atom. The first-order chi connectivity index (χ1) is 9.88. The van der Waals surface area contributed by atoms with E-state index in [-0.39, 0.29) is 6.54 Å². The van der Waals surface area contributed by atoms with Gasteiger partial charge in [-0.2, -0.15) is 0 Å². The van der Waals surface area contributed by atoms with Gasteiger partial charge in [0.15, 0.2) is 0 Å². The van der Waals surface area contributed by atoms with Crippen LogP contribution in [0.3, 0.4) is 0 Å². The summed E-state index contributed by atoms with van der Waals surface area (Å²) in [6.45, 7) is 1.36. The second kappa shape index (κ2) is 5.88. The molecule has 2 heterocycles. The van der Waals surface area contributed by atoms with Gasteiger partial charge in [-0.1, -0.05) is 0 Å². The molecule has 0 aliphatic carbocycles. The van der Waals surface area contributed by atoms with Crippen LogP contribution >= 0.6 is 11.3 Å². The Kier molecular flexibility index (Phi) is 4.18. The van der Waals surface area contributed by atoms with Crippen molar-refractivity contribution in [1.82, 2.24) is 10.2 Å². The molecule has 1 saturated heterocycles. The van der Waals surface area contributed by atoms with Crippen LogP contribution in [0.5, 0.6) is 0 Å². The standard InChI is InChI=1S/C13H12N2O5S/c1-7-12(19)14-10(16)5-15(7)13(20)8-4-9(21-6-8)2-3-11(17)18/h2-4,6-7H,5H2,1H3,(H,17,18)(H,14,16,19). The fraction of sp³-hybridized carbons (Fsp3) is 0.231. The number of imide groups is 1. The molecule has 1 aliphatic rings. The number of hydrogen-bond acceptors (Lipinski definition) is 5. The number of nitrogens with one attached hydrogen (secondary N) is 1. The molecule has 1 aromatic rings. The summed E-state index contributed by atoms with van der Waals surface area (Å²) in [6.07, 6.45) is 2.35. The van der Waals surface area contributed by atoms with Gasteiger partial charge in [-0.05, 0) is 19.1 Å². The molecule has 0 spiro atoms. The van der Waals surface area contributed by atoms with E-state index in [0.29, 0.717) is 10.4 Å². The van der Waals surface area contributed by atoms with Gasteiger partial charge < -0.3 is 10.0 Å². The van der Waals surface area contributed by atoms with Crippen molar-refractivity contribution in [3.8, 4) is 0 Å². The Hall–Kier alpha value is -2.48. The third kappa shape index (κ3) is 3.34. The predicted octanol–water partition coefficient (Wildman–Crippen LogP) is 0.333. The number of carboxylic acids is 1. The van der Waals surface area contributed by atoms with Gasteiger partial charge in [0.05, 0.1) is 5.56 Å². The lowest BCUT2D eigenvalue weighted by atomic mass is 10.1. The van der Waals surface area contributed by atoms with Gasteiger partial charge in [0.25, 0.3) is 5.91 Å². The fourth-order valence-corrected chi connectivity index (χ4v) is 2.61. The van der Waals surface area contributed by atoms with E-state index in [1.807, 2.05) is 0 Å². The second-order valence-corrected chi connectivity index (χ2v) is 5.37. The predicted molar refractivity (Wildman–Crippen MR) is 74.6 cm³/mol. The van der Waals surface area contributed by atoms with Crippen molar-refractivity contribution < 1.29 is 24.3 Å². The molecule has 2 rings (SSSR count). The van der Waals surface area contributed by atoms with Crippen LogP contribution in [0.1, 0.15) is 22.2 Å². The number of aliphatic carboxylic acids is 1. The normalized spacial score (nSPS) is 18.9. The lowest BCUT2D eigenvalue weighted by molar-refractivity contribution is -0.138. The Morgan fingerprint density at radius 3 is 2.86 bits per heavy atom. The van der Waals surface area contributed by atoms with Gasteiger partial charge in [-0.25, -0.2) is 4.79 Å². The molecular formula is C13H12N2O5S. The third-order valence-electron chi connectivity index (χ3n) is 2.94. The van der Waals surface area contributed by atoms with E-state index in [4.69, 9.17) is 5.11 Å². The van der Waals surface area contributed by atoms with Crippen LogP contribution in [0.15, 0.2) is 17.5 Å². The van der Waals surface area contributed by atoms with Crippen molar-refractivity contribution in [2.75, 3.05) is 6.54 Å². The maximum absolute atomic E-state index is 12.3. The minimum Gasteiger partial charge on any atom is -0.478 e. The highest BCUT2D eigenvalue weighted by Crippen LogP contribution is 2.19. The first-order valence-corrected chi connectivity index (χ1v) is 6.90. The molecule has 1 atom stereocenters. The van der Waals surface area contributed by atoms with Crippen LogP contribution in [0, 0.1) is 0 Å². The zero-order valence-corrected chi connectivity index (χ0v) is 11.8. The zero-order valence-electron chi connectivity index (χ0n) is 11.0. The molecule has 1 fully saturated rings. The molecule has 110 valence electrons. The summed E-state index contributed by atoms with van der Waals surface area (Å²) in [7, 11) is 0. The Labute approximate surface area is 123 Å². The van der Waals surface area contributed by atoms with Gasteiger partial charge in [0.2, 0.25) is 11.8 Å². The van der Waals surface area contributed by atoms with Crippen LogP contribution in [-0.4, -0.2) is 46.3 Å². The number of amides is 3. The van der Waals surface area contributed by atoms with Crippen molar-refractivity contribution in [3.63, 3.8) is 0 Å². The van der Waals surface area contributed by atoms with Crippen LogP contribution < -0.4 is 5.32 Å². The van der Waals surface area contributed by atoms with Crippen LogP contribution in [0.4, 0.5) is 0 Å². The van der Waals surface area contributed by atoms with E-state index < -0.39 is 29.7 Å². The Balaban J connectivity index is 2.18. The summed E-state index contributed by atoms with van der Waals surface area (Å²) in [5, 5.41) is 12.3. The Bertz CT molecular complexity index is 649. The molecular weight excluding hydrogens is 296 g/mol. The first-order valence-electron chi connectivity index (χ1n) is 6.02. The summed E-state index contributed by atoms with van der Waals surface area (Å²) in [5.41, 5.74) is 0.319. The summed E-state index contributed by atoms with van der Waals surface area (Å²) >= 11 is 1.20. The number of piperazine rings is 1. The summed E-state index contributed by atoms with van der Waals surface area (Å²) in [5.74, 6) is -2.55. The van der Waals surface area contributed by atoms with E-state index >= 15 is 0 Å². The maximum atomic E-state index is 12.3. The highest BCUT2D eigenvalue weighted by molar-refractivity contribution is 7.11. The largest absolute Gasteiger partial charge is 0.478 e. The molecule has 2 N–H and O–H groups in total. The topological polar surface area (TPSA) is 104 Å². The highest BCUT2D eigenvalue weighted by Gasteiger charge is 2.34. The number of hydrogen-bond donors (Lipinski definition) is 2. The van der Waals surface area contributed by atoms with Gasteiger partial charge in [0, 0.05) is 16.3 Å². The van der Waals surface area contributed by atoms with Gasteiger partial charge in [-0.15, -0.1) is 11.3 Å². The van der Waals surface area contributed by atoms with Crippen molar-refractivity contribution in [2.45, 2.75) is 13.0 Å². The summed E-state index contributed by atoms with van der Waals surface area (Å²) in [6, 6.07) is 0.795. The second-order valence-electron chi connectivity index (χ2n) is 4.43. The Morgan fingerprint density at radius 2 is 2.19 bits per heavy atom. The minimum atomic E-state index is -1.08. The number of carbonyl (C=O) groups excluding carboxylic acids is 3. The lowest BCUT2D eigenvalue weighted by Gasteiger charge is -2.31. The van der Waals surface area contributed by atoms with E-state index in [1.165, 1.54) is 35.3 Å². The summed E-state index contributed by atoms with van der Waals surface area (Å²) < 4.78 is 0. The fourth-order valence-electron chi connectivity index (χ4n) is 1.83. The van der Waals surface area contributed by atoms with Crippen molar-refractivity contribution in [1.29, 1.82) is 0 Å². The highest BCUT2D eigenvalue weighted by atomic mass is 32.1. The monoisotopic (exact) mass is 308 g/mol. The lowest BCUT2D eigenvalue weighted by Crippen LogP contribution is -2.58. The molecule has 8 heteroatoms. The molecule has 1 aromatic heterocycles. The van der Waals surface area contributed by atoms with Crippen molar-refractivity contribution >= 4 is 41.1 Å². The molecule has 1 unspecified atom stereocenters. The third-order valence-corrected chi connectivity index (χ3v) is 3.84. The molecule has 7 nitrogen and oxygen atoms in total.